The van der Waals surface area contributed by atoms with Crippen LogP contribution in [0.4, 0.5) is 0 Å². The van der Waals surface area contributed by atoms with Crippen molar-refractivity contribution in [3.05, 3.63) is 21.4 Å². The van der Waals surface area contributed by atoms with Gasteiger partial charge >= 0.3 is 0 Å². The molecule has 1 aromatic heterocycles. The number of hydrogen-bond acceptors (Lipinski definition) is 2. The van der Waals surface area contributed by atoms with E-state index in [1.807, 2.05) is 11.3 Å². The molecule has 0 bridgehead atoms. The molecular weight excluding hydrogens is 262 g/mol. The van der Waals surface area contributed by atoms with Gasteiger partial charge in [0.15, 0.2) is 0 Å². The molecule has 4 unspecified atom stereocenters. The van der Waals surface area contributed by atoms with Crippen molar-refractivity contribution in [2.75, 3.05) is 7.05 Å². The monoisotopic (exact) mass is 291 g/mol. The van der Waals surface area contributed by atoms with Crippen LogP contribution in [0.1, 0.15) is 66.3 Å². The minimum atomic E-state index is 0.586. The van der Waals surface area contributed by atoms with Gasteiger partial charge in [0.2, 0.25) is 0 Å². The molecule has 112 valence electrons. The molecule has 2 aliphatic carbocycles. The van der Waals surface area contributed by atoms with Gasteiger partial charge in [0.25, 0.3) is 0 Å². The highest BCUT2D eigenvalue weighted by Gasteiger charge is 2.36. The van der Waals surface area contributed by atoms with E-state index in [4.69, 9.17) is 0 Å². The first-order valence-corrected chi connectivity index (χ1v) is 9.25. The van der Waals surface area contributed by atoms with Crippen LogP contribution in [0.3, 0.4) is 0 Å². The molecular formula is C18H29NS. The van der Waals surface area contributed by atoms with Crippen molar-refractivity contribution in [1.82, 2.24) is 5.32 Å². The predicted molar refractivity (Wildman–Crippen MR) is 88.4 cm³/mol. The molecule has 3 rings (SSSR count). The third-order valence-electron chi connectivity index (χ3n) is 5.78. The summed E-state index contributed by atoms with van der Waals surface area (Å²) in [6.07, 6.45) is 10.4. The topological polar surface area (TPSA) is 12.0 Å². The van der Waals surface area contributed by atoms with Crippen molar-refractivity contribution < 1.29 is 0 Å². The van der Waals surface area contributed by atoms with Gasteiger partial charge in [-0.25, -0.2) is 0 Å². The summed E-state index contributed by atoms with van der Waals surface area (Å²) in [6.45, 7) is 4.54. The fourth-order valence-corrected chi connectivity index (χ4v) is 5.79. The van der Waals surface area contributed by atoms with E-state index in [0.29, 0.717) is 6.04 Å². The Morgan fingerprint density at radius 2 is 1.85 bits per heavy atom. The number of fused-ring (bicyclic) bond motifs is 1. The lowest BCUT2D eigenvalue weighted by atomic mass is 9.65. The minimum absolute atomic E-state index is 0.586. The maximum absolute atomic E-state index is 3.64. The second-order valence-electron chi connectivity index (χ2n) is 7.01. The lowest BCUT2D eigenvalue weighted by Crippen LogP contribution is -2.34. The summed E-state index contributed by atoms with van der Waals surface area (Å²) in [5.41, 5.74) is 1.58. The first kappa shape index (κ1) is 14.6. The molecule has 0 amide bonds. The molecule has 0 radical (unpaired) electrons. The summed E-state index contributed by atoms with van der Waals surface area (Å²) < 4.78 is 0. The smallest absolute Gasteiger partial charge is 0.0357 e. The third kappa shape index (κ3) is 2.82. The molecule has 0 saturated heterocycles. The van der Waals surface area contributed by atoms with Crippen LogP contribution < -0.4 is 5.32 Å². The lowest BCUT2D eigenvalue weighted by Gasteiger charge is -2.42. The van der Waals surface area contributed by atoms with E-state index in [0.717, 1.165) is 17.8 Å². The second-order valence-corrected chi connectivity index (χ2v) is 8.47. The maximum atomic E-state index is 3.64. The van der Waals surface area contributed by atoms with Crippen molar-refractivity contribution in [1.29, 1.82) is 0 Å². The van der Waals surface area contributed by atoms with Crippen molar-refractivity contribution in [2.45, 2.75) is 64.8 Å². The van der Waals surface area contributed by atoms with Crippen LogP contribution in [0.2, 0.25) is 0 Å². The molecule has 0 spiro atoms. The molecule has 2 aliphatic rings. The molecule has 2 fully saturated rings. The van der Waals surface area contributed by atoms with Gasteiger partial charge in [-0.3, -0.25) is 0 Å². The molecule has 0 aliphatic heterocycles. The summed E-state index contributed by atoms with van der Waals surface area (Å²) in [4.78, 5) is 2.98. The number of hydrogen-bond donors (Lipinski definition) is 1. The Labute approximate surface area is 128 Å². The van der Waals surface area contributed by atoms with Gasteiger partial charge in [0.1, 0.15) is 0 Å². The number of thiophene rings is 1. The van der Waals surface area contributed by atoms with Crippen molar-refractivity contribution in [3.8, 4) is 0 Å². The van der Waals surface area contributed by atoms with Crippen molar-refractivity contribution in [3.63, 3.8) is 0 Å². The third-order valence-corrected chi connectivity index (χ3v) is 6.76. The zero-order chi connectivity index (χ0) is 14.1. The normalized spacial score (nSPS) is 31.9. The van der Waals surface area contributed by atoms with E-state index in [-0.39, 0.29) is 0 Å². The van der Waals surface area contributed by atoms with E-state index in [9.17, 15) is 0 Å². The summed E-state index contributed by atoms with van der Waals surface area (Å²) >= 11 is 1.96. The van der Waals surface area contributed by atoms with Crippen molar-refractivity contribution >= 4 is 11.3 Å². The van der Waals surface area contributed by atoms with Crippen LogP contribution in [-0.2, 0) is 0 Å². The molecule has 0 aromatic carbocycles. The van der Waals surface area contributed by atoms with E-state index >= 15 is 0 Å². The molecule has 1 aromatic rings. The maximum Gasteiger partial charge on any atom is 0.0357 e. The first-order chi connectivity index (χ1) is 9.69. The lowest BCUT2D eigenvalue weighted by molar-refractivity contribution is 0.111. The Kier molecular flexibility index (Phi) is 4.52. The average Bonchev–Trinajstić information content (AvgIpc) is 2.78. The van der Waals surface area contributed by atoms with E-state index in [2.05, 4.69) is 32.3 Å². The SMILES string of the molecule is CNC(c1cc(C)sc1C)C1CCC2CCCCC2C1. The van der Waals surface area contributed by atoms with Crippen LogP contribution in [0.15, 0.2) is 6.07 Å². The number of nitrogens with one attached hydrogen (secondary N) is 1. The fraction of sp³-hybridized carbons (Fsp3) is 0.778. The molecule has 1 heterocycles. The predicted octanol–water partition coefficient (Wildman–Crippen LogP) is 5.23. The summed E-state index contributed by atoms with van der Waals surface area (Å²) in [5, 5.41) is 3.64. The highest BCUT2D eigenvalue weighted by atomic mass is 32.1. The van der Waals surface area contributed by atoms with Gasteiger partial charge in [0, 0.05) is 15.8 Å². The first-order valence-electron chi connectivity index (χ1n) is 8.43. The Morgan fingerprint density at radius 1 is 1.10 bits per heavy atom. The quantitative estimate of drug-likeness (QED) is 0.804. The van der Waals surface area contributed by atoms with E-state index < -0.39 is 0 Å². The Morgan fingerprint density at radius 3 is 2.50 bits per heavy atom. The highest BCUT2D eigenvalue weighted by molar-refractivity contribution is 7.12. The Balaban J connectivity index is 1.75. The van der Waals surface area contributed by atoms with E-state index in [1.54, 1.807) is 5.56 Å². The van der Waals surface area contributed by atoms with Gasteiger partial charge in [0.05, 0.1) is 0 Å². The van der Waals surface area contributed by atoms with Gasteiger partial charge in [-0.1, -0.05) is 25.7 Å². The van der Waals surface area contributed by atoms with Crippen LogP contribution >= 0.6 is 11.3 Å². The molecule has 20 heavy (non-hydrogen) atoms. The van der Waals surface area contributed by atoms with Crippen molar-refractivity contribution in [2.24, 2.45) is 17.8 Å². The van der Waals surface area contributed by atoms with Crippen LogP contribution in [0.25, 0.3) is 0 Å². The molecule has 2 heteroatoms. The number of rotatable bonds is 3. The standard InChI is InChI=1S/C18H29NS/c1-12-10-17(13(2)20-12)18(19-3)16-9-8-14-6-4-5-7-15(14)11-16/h10,14-16,18-19H,4-9,11H2,1-3H3. The van der Waals surface area contributed by atoms with Gasteiger partial charge < -0.3 is 5.32 Å². The van der Waals surface area contributed by atoms with Crippen LogP contribution in [-0.4, -0.2) is 7.05 Å². The minimum Gasteiger partial charge on any atom is -0.313 e. The zero-order valence-electron chi connectivity index (χ0n) is 13.2. The van der Waals surface area contributed by atoms with Crippen LogP contribution in [0.5, 0.6) is 0 Å². The largest absolute Gasteiger partial charge is 0.313 e. The summed E-state index contributed by atoms with van der Waals surface area (Å²) in [6, 6.07) is 3.01. The van der Waals surface area contributed by atoms with E-state index in [1.165, 1.54) is 54.7 Å². The average molecular weight is 292 g/mol. The van der Waals surface area contributed by atoms with Gasteiger partial charge in [-0.05, 0) is 69.5 Å². The summed E-state index contributed by atoms with van der Waals surface area (Å²) in [5.74, 6) is 2.94. The van der Waals surface area contributed by atoms with Crippen LogP contribution in [0, 0.1) is 31.6 Å². The zero-order valence-corrected chi connectivity index (χ0v) is 14.1. The Bertz CT molecular complexity index is 450. The highest BCUT2D eigenvalue weighted by Crippen LogP contribution is 2.46. The molecule has 2 saturated carbocycles. The van der Waals surface area contributed by atoms with Gasteiger partial charge in [-0.15, -0.1) is 11.3 Å². The fourth-order valence-electron chi connectivity index (χ4n) is 4.82. The Hall–Kier alpha value is -0.340. The van der Waals surface area contributed by atoms with Gasteiger partial charge in [-0.2, -0.15) is 0 Å². The number of aryl methyl sites for hydroxylation is 2. The summed E-state index contributed by atoms with van der Waals surface area (Å²) in [7, 11) is 2.16. The molecule has 4 atom stereocenters. The second kappa shape index (κ2) is 6.19. The molecule has 1 N–H and O–H groups in total. The molecule has 1 nitrogen and oxygen atoms in total.